The van der Waals surface area contributed by atoms with Crippen LogP contribution in [0, 0.1) is 18.8 Å². The Morgan fingerprint density at radius 1 is 1.24 bits per heavy atom. The van der Waals surface area contributed by atoms with E-state index in [1.807, 2.05) is 45.9 Å². The molecule has 1 fully saturated rings. The van der Waals surface area contributed by atoms with E-state index in [0.29, 0.717) is 19.4 Å². The standard InChI is InChI=1S/C20H29NO4/c1-13-8-9-16(17(10-13)25-20(2,3)4)12-21-18(22)14-6-5-7-15(11-14)19(23)24/h8-10,14-15H,5-7,11-12H2,1-4H3,(H,21,22)(H,23,24). The number of aryl methyl sites for hydroxylation is 1. The second kappa shape index (κ2) is 7.89. The summed E-state index contributed by atoms with van der Waals surface area (Å²) < 4.78 is 6.01. The Balaban J connectivity index is 2.01. The molecule has 0 heterocycles. The fraction of sp³-hybridized carbons (Fsp3) is 0.600. The minimum Gasteiger partial charge on any atom is -0.488 e. The number of amides is 1. The Bertz CT molecular complexity index is 633. The Labute approximate surface area is 149 Å². The summed E-state index contributed by atoms with van der Waals surface area (Å²) in [6, 6.07) is 5.95. The lowest BCUT2D eigenvalue weighted by Gasteiger charge is -2.26. The van der Waals surface area contributed by atoms with E-state index in [9.17, 15) is 9.59 Å². The lowest BCUT2D eigenvalue weighted by Crippen LogP contribution is -2.35. The summed E-state index contributed by atoms with van der Waals surface area (Å²) in [5, 5.41) is 12.1. The van der Waals surface area contributed by atoms with E-state index in [0.717, 1.165) is 29.7 Å². The first-order chi connectivity index (χ1) is 11.7. The lowest BCUT2D eigenvalue weighted by molar-refractivity contribution is -0.144. The molecule has 1 aromatic carbocycles. The molecule has 2 rings (SSSR count). The number of rotatable bonds is 5. The number of hydrogen-bond donors (Lipinski definition) is 2. The third kappa shape index (κ3) is 5.76. The van der Waals surface area contributed by atoms with E-state index < -0.39 is 11.9 Å². The molecule has 1 aromatic rings. The Kier molecular flexibility index (Phi) is 6.09. The molecule has 25 heavy (non-hydrogen) atoms. The van der Waals surface area contributed by atoms with Gasteiger partial charge in [0, 0.05) is 18.0 Å². The molecule has 0 aromatic heterocycles. The maximum Gasteiger partial charge on any atom is 0.306 e. The molecule has 1 aliphatic rings. The van der Waals surface area contributed by atoms with Crippen molar-refractivity contribution in [2.45, 2.75) is 65.5 Å². The van der Waals surface area contributed by atoms with Gasteiger partial charge in [-0.15, -0.1) is 0 Å². The van der Waals surface area contributed by atoms with Crippen LogP contribution in [-0.4, -0.2) is 22.6 Å². The van der Waals surface area contributed by atoms with Crippen molar-refractivity contribution in [1.82, 2.24) is 5.32 Å². The molecule has 138 valence electrons. The highest BCUT2D eigenvalue weighted by Crippen LogP contribution is 2.30. The van der Waals surface area contributed by atoms with Gasteiger partial charge >= 0.3 is 5.97 Å². The van der Waals surface area contributed by atoms with Crippen molar-refractivity contribution in [3.8, 4) is 5.75 Å². The zero-order valence-corrected chi connectivity index (χ0v) is 15.6. The van der Waals surface area contributed by atoms with Crippen molar-refractivity contribution in [1.29, 1.82) is 0 Å². The first kappa shape index (κ1) is 19.3. The minimum absolute atomic E-state index is 0.0618. The van der Waals surface area contributed by atoms with Crippen molar-refractivity contribution in [3.05, 3.63) is 29.3 Å². The number of hydrogen-bond acceptors (Lipinski definition) is 3. The molecule has 0 aliphatic heterocycles. The van der Waals surface area contributed by atoms with Crippen molar-refractivity contribution in [2.75, 3.05) is 0 Å². The summed E-state index contributed by atoms with van der Waals surface area (Å²) >= 11 is 0. The normalized spacial score (nSPS) is 20.8. The van der Waals surface area contributed by atoms with Crippen LogP contribution >= 0.6 is 0 Å². The number of carbonyl (C=O) groups excluding carboxylic acids is 1. The average molecular weight is 347 g/mol. The quantitative estimate of drug-likeness (QED) is 0.852. The molecular formula is C20H29NO4. The summed E-state index contributed by atoms with van der Waals surface area (Å²) in [6.07, 6.45) is 2.65. The molecule has 5 heteroatoms. The second-order valence-corrected chi connectivity index (χ2v) is 7.94. The largest absolute Gasteiger partial charge is 0.488 e. The highest BCUT2D eigenvalue weighted by atomic mass is 16.5. The summed E-state index contributed by atoms with van der Waals surface area (Å²) in [5.74, 6) is -0.694. The second-order valence-electron chi connectivity index (χ2n) is 7.94. The van der Waals surface area contributed by atoms with E-state index in [2.05, 4.69) is 5.32 Å². The molecule has 0 bridgehead atoms. The maximum absolute atomic E-state index is 12.5. The smallest absolute Gasteiger partial charge is 0.306 e. The fourth-order valence-corrected chi connectivity index (χ4v) is 3.21. The number of nitrogens with one attached hydrogen (secondary N) is 1. The van der Waals surface area contributed by atoms with E-state index in [4.69, 9.17) is 9.84 Å². The van der Waals surface area contributed by atoms with Crippen LogP contribution in [0.15, 0.2) is 18.2 Å². The number of carbonyl (C=O) groups is 2. The third-order valence-electron chi connectivity index (χ3n) is 4.49. The average Bonchev–Trinajstić information content (AvgIpc) is 2.52. The number of aliphatic carboxylic acids is 1. The number of benzene rings is 1. The van der Waals surface area contributed by atoms with Crippen LogP contribution in [0.2, 0.25) is 0 Å². The molecule has 1 aliphatic carbocycles. The van der Waals surface area contributed by atoms with Gasteiger partial charge in [-0.2, -0.15) is 0 Å². The topological polar surface area (TPSA) is 75.6 Å². The summed E-state index contributed by atoms with van der Waals surface area (Å²) in [5.41, 5.74) is 1.72. The lowest BCUT2D eigenvalue weighted by atomic mass is 9.81. The summed E-state index contributed by atoms with van der Waals surface area (Å²) in [4.78, 5) is 23.6. The van der Waals surface area contributed by atoms with Crippen LogP contribution in [0.1, 0.15) is 57.6 Å². The van der Waals surface area contributed by atoms with Crippen molar-refractivity contribution in [3.63, 3.8) is 0 Å². The SMILES string of the molecule is Cc1ccc(CNC(=O)C2CCCC(C(=O)O)C2)c(OC(C)(C)C)c1. The third-order valence-corrected chi connectivity index (χ3v) is 4.49. The van der Waals surface area contributed by atoms with Gasteiger partial charge in [-0.1, -0.05) is 18.6 Å². The molecular weight excluding hydrogens is 318 g/mol. The van der Waals surface area contributed by atoms with E-state index in [1.54, 1.807) is 0 Å². The van der Waals surface area contributed by atoms with Crippen LogP contribution in [-0.2, 0) is 16.1 Å². The molecule has 1 amide bonds. The van der Waals surface area contributed by atoms with Crippen molar-refractivity contribution < 1.29 is 19.4 Å². The van der Waals surface area contributed by atoms with Gasteiger partial charge in [0.15, 0.2) is 0 Å². The molecule has 2 atom stereocenters. The van der Waals surface area contributed by atoms with E-state index in [-0.39, 0.29) is 17.4 Å². The highest BCUT2D eigenvalue weighted by Gasteiger charge is 2.31. The Hall–Kier alpha value is -2.04. The van der Waals surface area contributed by atoms with Gasteiger partial charge < -0.3 is 15.2 Å². The number of carboxylic acids is 1. The van der Waals surface area contributed by atoms with Crippen molar-refractivity contribution >= 4 is 11.9 Å². The van der Waals surface area contributed by atoms with Gasteiger partial charge in [0.25, 0.3) is 0 Å². The monoisotopic (exact) mass is 347 g/mol. The van der Waals surface area contributed by atoms with Crippen LogP contribution in [0.5, 0.6) is 5.75 Å². The van der Waals surface area contributed by atoms with Gasteiger partial charge in [0.1, 0.15) is 11.4 Å². The molecule has 0 saturated heterocycles. The molecule has 5 nitrogen and oxygen atoms in total. The van der Waals surface area contributed by atoms with Gasteiger partial charge in [0.05, 0.1) is 5.92 Å². The summed E-state index contributed by atoms with van der Waals surface area (Å²) in [7, 11) is 0. The summed E-state index contributed by atoms with van der Waals surface area (Å²) in [6.45, 7) is 8.37. The van der Waals surface area contributed by atoms with Crippen molar-refractivity contribution in [2.24, 2.45) is 11.8 Å². The zero-order valence-electron chi connectivity index (χ0n) is 15.6. The Morgan fingerprint density at radius 2 is 1.92 bits per heavy atom. The van der Waals surface area contributed by atoms with Gasteiger partial charge in [-0.25, -0.2) is 0 Å². The van der Waals surface area contributed by atoms with Crippen LogP contribution < -0.4 is 10.1 Å². The first-order valence-electron chi connectivity index (χ1n) is 8.95. The Morgan fingerprint density at radius 3 is 2.56 bits per heavy atom. The van der Waals surface area contributed by atoms with Gasteiger partial charge in [0.2, 0.25) is 5.91 Å². The van der Waals surface area contributed by atoms with E-state index in [1.165, 1.54) is 0 Å². The van der Waals surface area contributed by atoms with Gasteiger partial charge in [-0.3, -0.25) is 9.59 Å². The molecule has 2 unspecified atom stereocenters. The predicted molar refractivity (Wildman–Crippen MR) is 96.5 cm³/mol. The molecule has 2 N–H and O–H groups in total. The molecule has 1 saturated carbocycles. The van der Waals surface area contributed by atoms with E-state index >= 15 is 0 Å². The number of carboxylic acid groups (broad SMARTS) is 1. The molecule has 0 spiro atoms. The van der Waals surface area contributed by atoms with Crippen LogP contribution in [0.4, 0.5) is 0 Å². The first-order valence-corrected chi connectivity index (χ1v) is 8.95. The van der Waals surface area contributed by atoms with Crippen LogP contribution in [0.3, 0.4) is 0 Å². The molecule has 0 radical (unpaired) electrons. The number of ether oxygens (including phenoxy) is 1. The van der Waals surface area contributed by atoms with Crippen LogP contribution in [0.25, 0.3) is 0 Å². The predicted octanol–water partition coefficient (Wildman–Crippen LogP) is 3.68. The van der Waals surface area contributed by atoms with Gasteiger partial charge in [-0.05, 0) is 58.6 Å². The fourth-order valence-electron chi connectivity index (χ4n) is 3.21. The zero-order chi connectivity index (χ0) is 18.6. The maximum atomic E-state index is 12.5. The highest BCUT2D eigenvalue weighted by molar-refractivity contribution is 5.80. The minimum atomic E-state index is -0.795.